The van der Waals surface area contributed by atoms with Crippen molar-refractivity contribution in [2.45, 2.75) is 25.7 Å². The topological polar surface area (TPSA) is 80.3 Å². The van der Waals surface area contributed by atoms with E-state index in [2.05, 4.69) is 20.4 Å². The van der Waals surface area contributed by atoms with Crippen molar-refractivity contribution in [1.82, 2.24) is 10.3 Å². The van der Waals surface area contributed by atoms with Gasteiger partial charge in [-0.2, -0.15) is 13.2 Å². The van der Waals surface area contributed by atoms with Crippen molar-refractivity contribution in [2.75, 3.05) is 11.9 Å². The van der Waals surface area contributed by atoms with Crippen LogP contribution in [-0.2, 0) is 29.1 Å². The van der Waals surface area contributed by atoms with Crippen molar-refractivity contribution >= 4 is 28.3 Å². The average Bonchev–Trinajstić information content (AvgIpc) is 3.19. The number of hydrogen-bond acceptors (Lipinski definition) is 5. The summed E-state index contributed by atoms with van der Waals surface area (Å²) >= 11 is 1.23. The van der Waals surface area contributed by atoms with Gasteiger partial charge in [0.25, 0.3) is 5.91 Å². The third kappa shape index (κ3) is 7.78. The smallest absolute Gasteiger partial charge is 0.367 e. The number of hydrogen-bond donors (Lipinski definition) is 2. The quantitative estimate of drug-likeness (QED) is 0.495. The number of amides is 2. The molecule has 10 heteroatoms. The Labute approximate surface area is 186 Å². The summed E-state index contributed by atoms with van der Waals surface area (Å²) in [5.74, 6) is -0.517. The van der Waals surface area contributed by atoms with Gasteiger partial charge in [-0.05, 0) is 23.3 Å². The van der Waals surface area contributed by atoms with Crippen molar-refractivity contribution in [3.63, 3.8) is 0 Å². The number of thiazole rings is 1. The fraction of sp³-hybridized carbons (Fsp3) is 0.227. The number of aromatic nitrogens is 1. The highest BCUT2D eigenvalue weighted by atomic mass is 32.1. The van der Waals surface area contributed by atoms with Crippen molar-refractivity contribution in [2.24, 2.45) is 0 Å². The van der Waals surface area contributed by atoms with E-state index in [1.807, 2.05) is 6.07 Å². The summed E-state index contributed by atoms with van der Waals surface area (Å²) in [5.41, 5.74) is 2.46. The van der Waals surface area contributed by atoms with E-state index in [1.54, 1.807) is 53.9 Å². The summed E-state index contributed by atoms with van der Waals surface area (Å²) in [6.45, 7) is -1.16. The van der Waals surface area contributed by atoms with Gasteiger partial charge in [-0.3, -0.25) is 14.9 Å². The Balaban J connectivity index is 1.42. The summed E-state index contributed by atoms with van der Waals surface area (Å²) in [4.78, 5) is 28.6. The predicted molar refractivity (Wildman–Crippen MR) is 114 cm³/mol. The van der Waals surface area contributed by atoms with Crippen LogP contribution in [0.25, 0.3) is 0 Å². The number of carbonyl (C=O) groups excluding carboxylic acids is 2. The van der Waals surface area contributed by atoms with Crippen LogP contribution < -0.4 is 10.6 Å². The van der Waals surface area contributed by atoms with Crippen molar-refractivity contribution in [1.29, 1.82) is 0 Å². The predicted octanol–water partition coefficient (Wildman–Crippen LogP) is 4.33. The number of anilines is 1. The minimum absolute atomic E-state index is 0.0566. The van der Waals surface area contributed by atoms with E-state index in [9.17, 15) is 22.8 Å². The molecule has 0 bridgehead atoms. The van der Waals surface area contributed by atoms with E-state index in [-0.39, 0.29) is 31.4 Å². The molecule has 6 nitrogen and oxygen atoms in total. The molecule has 2 N–H and O–H groups in total. The van der Waals surface area contributed by atoms with E-state index in [0.29, 0.717) is 22.0 Å². The van der Waals surface area contributed by atoms with Gasteiger partial charge in [-0.15, -0.1) is 11.3 Å². The van der Waals surface area contributed by atoms with Gasteiger partial charge in [0.15, 0.2) is 5.13 Å². The summed E-state index contributed by atoms with van der Waals surface area (Å²) in [6.07, 6.45) is -4.29. The monoisotopic (exact) mass is 463 g/mol. The second kappa shape index (κ2) is 10.9. The number of benzene rings is 2. The van der Waals surface area contributed by atoms with Crippen LogP contribution >= 0.6 is 11.3 Å². The van der Waals surface area contributed by atoms with Gasteiger partial charge in [0.1, 0.15) is 6.61 Å². The van der Waals surface area contributed by atoms with Crippen LogP contribution in [0.5, 0.6) is 0 Å². The summed E-state index contributed by atoms with van der Waals surface area (Å²) in [6, 6.07) is 15.5. The van der Waals surface area contributed by atoms with E-state index in [4.69, 9.17) is 0 Å². The molecule has 3 rings (SSSR count). The molecule has 0 saturated heterocycles. The molecule has 1 aromatic heterocycles. The lowest BCUT2D eigenvalue weighted by molar-refractivity contribution is -0.176. The van der Waals surface area contributed by atoms with Gasteiger partial charge < -0.3 is 10.1 Å². The number of nitrogens with one attached hydrogen (secondary N) is 2. The molecule has 0 radical (unpaired) electrons. The van der Waals surface area contributed by atoms with Gasteiger partial charge in [-0.1, -0.05) is 42.5 Å². The van der Waals surface area contributed by atoms with Crippen LogP contribution in [-0.4, -0.2) is 29.6 Å². The van der Waals surface area contributed by atoms with E-state index in [0.717, 1.165) is 5.56 Å². The molecule has 0 aliphatic carbocycles. The van der Waals surface area contributed by atoms with Crippen LogP contribution in [0, 0.1) is 0 Å². The van der Waals surface area contributed by atoms with Crippen LogP contribution in [0.1, 0.15) is 27.2 Å². The average molecular weight is 463 g/mol. The first-order valence-electron chi connectivity index (χ1n) is 9.58. The first kappa shape index (κ1) is 23.4. The molecule has 0 unspecified atom stereocenters. The second-order valence-corrected chi connectivity index (χ2v) is 7.70. The summed E-state index contributed by atoms with van der Waals surface area (Å²) < 4.78 is 40.9. The summed E-state index contributed by atoms with van der Waals surface area (Å²) in [5, 5.41) is 7.58. The van der Waals surface area contributed by atoms with Crippen LogP contribution in [0.15, 0.2) is 60.0 Å². The van der Waals surface area contributed by atoms with Gasteiger partial charge >= 0.3 is 6.18 Å². The molecule has 0 saturated carbocycles. The number of carbonyl (C=O) groups is 2. The molecule has 0 spiro atoms. The maximum atomic E-state index is 12.2. The molecule has 0 fully saturated rings. The Morgan fingerprint density at radius 1 is 1.00 bits per heavy atom. The highest BCUT2D eigenvalue weighted by Crippen LogP contribution is 2.17. The van der Waals surface area contributed by atoms with Gasteiger partial charge in [0.2, 0.25) is 5.91 Å². The fourth-order valence-electron chi connectivity index (χ4n) is 2.67. The SMILES string of the molecule is O=C(Cc1csc(NC(=O)c2ccccc2)n1)NCc1ccc(COCC(F)(F)F)cc1. The van der Waals surface area contributed by atoms with Gasteiger partial charge in [0.05, 0.1) is 18.7 Å². The number of nitrogens with zero attached hydrogens (tertiary/aromatic N) is 1. The molecule has 2 amide bonds. The molecule has 3 aromatic rings. The van der Waals surface area contributed by atoms with E-state index < -0.39 is 12.8 Å². The Morgan fingerprint density at radius 3 is 2.38 bits per heavy atom. The van der Waals surface area contributed by atoms with Gasteiger partial charge in [-0.25, -0.2) is 4.98 Å². The number of alkyl halides is 3. The van der Waals surface area contributed by atoms with Crippen molar-refractivity contribution in [3.8, 4) is 0 Å². The van der Waals surface area contributed by atoms with E-state index >= 15 is 0 Å². The standard InChI is InChI=1S/C22H20F3N3O3S/c23-22(24,25)14-31-12-16-8-6-15(7-9-16)11-26-19(29)10-18-13-32-21(27-18)28-20(30)17-4-2-1-3-5-17/h1-9,13H,10-12,14H2,(H,26,29)(H,27,28,30). The highest BCUT2D eigenvalue weighted by molar-refractivity contribution is 7.14. The minimum atomic E-state index is -4.35. The van der Waals surface area contributed by atoms with Gasteiger partial charge in [0, 0.05) is 17.5 Å². The molecule has 0 aliphatic rings. The van der Waals surface area contributed by atoms with Crippen LogP contribution in [0.2, 0.25) is 0 Å². The molecule has 1 heterocycles. The molecule has 168 valence electrons. The normalized spacial score (nSPS) is 11.2. The maximum Gasteiger partial charge on any atom is 0.411 e. The molecule has 2 aromatic carbocycles. The number of ether oxygens (including phenoxy) is 1. The lowest BCUT2D eigenvalue weighted by atomic mass is 10.1. The third-order valence-electron chi connectivity index (χ3n) is 4.20. The van der Waals surface area contributed by atoms with Crippen molar-refractivity contribution in [3.05, 3.63) is 82.4 Å². The molecule has 32 heavy (non-hydrogen) atoms. The zero-order valence-corrected chi connectivity index (χ0v) is 17.6. The largest absolute Gasteiger partial charge is 0.411 e. The number of halogens is 3. The Morgan fingerprint density at radius 2 is 1.69 bits per heavy atom. The Kier molecular flexibility index (Phi) is 7.96. The molecular formula is C22H20F3N3O3S. The lowest BCUT2D eigenvalue weighted by Gasteiger charge is -2.08. The lowest BCUT2D eigenvalue weighted by Crippen LogP contribution is -2.24. The Bertz CT molecular complexity index is 1040. The fourth-order valence-corrected chi connectivity index (χ4v) is 3.38. The summed E-state index contributed by atoms with van der Waals surface area (Å²) in [7, 11) is 0. The minimum Gasteiger partial charge on any atom is -0.367 e. The van der Waals surface area contributed by atoms with Crippen LogP contribution in [0.3, 0.4) is 0 Å². The van der Waals surface area contributed by atoms with Crippen LogP contribution in [0.4, 0.5) is 18.3 Å². The molecule has 0 aliphatic heterocycles. The third-order valence-corrected chi connectivity index (χ3v) is 5.00. The first-order chi connectivity index (χ1) is 15.3. The highest BCUT2D eigenvalue weighted by Gasteiger charge is 2.27. The zero-order chi connectivity index (χ0) is 23.0. The Hall–Kier alpha value is -3.24. The second-order valence-electron chi connectivity index (χ2n) is 6.84. The van der Waals surface area contributed by atoms with Crippen molar-refractivity contribution < 1.29 is 27.5 Å². The first-order valence-corrected chi connectivity index (χ1v) is 10.5. The number of rotatable bonds is 9. The maximum absolute atomic E-state index is 12.2. The zero-order valence-electron chi connectivity index (χ0n) is 16.8. The molecule has 0 atom stereocenters. The van der Waals surface area contributed by atoms with E-state index in [1.165, 1.54) is 11.3 Å². The molecular weight excluding hydrogens is 443 g/mol.